The molecule has 3 rings (SSSR count). The van der Waals surface area contributed by atoms with E-state index in [-0.39, 0.29) is 5.69 Å². The highest BCUT2D eigenvalue weighted by Crippen LogP contribution is 2.20. The highest BCUT2D eigenvalue weighted by atomic mass is 16.4. The van der Waals surface area contributed by atoms with E-state index in [1.165, 1.54) is 0 Å². The van der Waals surface area contributed by atoms with Crippen LogP contribution in [0.1, 0.15) is 35.1 Å². The van der Waals surface area contributed by atoms with E-state index in [1.807, 2.05) is 31.2 Å². The van der Waals surface area contributed by atoms with Crippen molar-refractivity contribution in [3.8, 4) is 0 Å². The number of carbonyl (C=O) groups is 1. The van der Waals surface area contributed by atoms with Crippen LogP contribution in [0.4, 0.5) is 0 Å². The Labute approximate surface area is 128 Å². The number of aromatic carboxylic acids is 1. The number of hydrogen-bond acceptors (Lipinski definition) is 3. The van der Waals surface area contributed by atoms with E-state index < -0.39 is 5.97 Å². The predicted molar refractivity (Wildman–Crippen MR) is 84.0 cm³/mol. The average molecular weight is 295 g/mol. The predicted octanol–water partition coefficient (Wildman–Crippen LogP) is 3.13. The van der Waals surface area contributed by atoms with Gasteiger partial charge in [-0.1, -0.05) is 61.0 Å². The van der Waals surface area contributed by atoms with E-state index in [2.05, 4.69) is 28.5 Å². The van der Waals surface area contributed by atoms with Crippen molar-refractivity contribution in [3.05, 3.63) is 59.4 Å². The van der Waals surface area contributed by atoms with Crippen molar-refractivity contribution in [1.82, 2.24) is 15.0 Å². The van der Waals surface area contributed by atoms with Gasteiger partial charge in [-0.05, 0) is 22.8 Å². The minimum atomic E-state index is -1.02. The second-order valence-electron chi connectivity index (χ2n) is 5.24. The monoisotopic (exact) mass is 295 g/mol. The Balaban J connectivity index is 2.03. The minimum absolute atomic E-state index is 0.0575. The average Bonchev–Trinajstić information content (AvgIpc) is 2.91. The highest BCUT2D eigenvalue weighted by molar-refractivity contribution is 5.87. The van der Waals surface area contributed by atoms with Gasteiger partial charge in [0.25, 0.3) is 0 Å². The maximum Gasteiger partial charge on any atom is 0.358 e. The van der Waals surface area contributed by atoms with Crippen LogP contribution in [-0.4, -0.2) is 26.1 Å². The molecule has 5 nitrogen and oxygen atoms in total. The molecule has 0 unspecified atom stereocenters. The van der Waals surface area contributed by atoms with Crippen LogP contribution in [0.2, 0.25) is 0 Å². The van der Waals surface area contributed by atoms with Crippen molar-refractivity contribution in [3.63, 3.8) is 0 Å². The maximum atomic E-state index is 11.3. The third-order valence-electron chi connectivity index (χ3n) is 3.73. The fraction of sp³-hybridized carbons (Fsp3) is 0.235. The molecule has 1 aromatic heterocycles. The van der Waals surface area contributed by atoms with Crippen molar-refractivity contribution in [2.24, 2.45) is 0 Å². The summed E-state index contributed by atoms with van der Waals surface area (Å²) in [6.45, 7) is 2.54. The summed E-state index contributed by atoms with van der Waals surface area (Å²) in [6.07, 6.45) is 1.50. The molecule has 1 N–H and O–H groups in total. The summed E-state index contributed by atoms with van der Waals surface area (Å²) >= 11 is 0. The number of aromatic nitrogens is 3. The Morgan fingerprint density at radius 3 is 2.73 bits per heavy atom. The van der Waals surface area contributed by atoms with Gasteiger partial charge in [0.1, 0.15) is 0 Å². The molecule has 3 aromatic rings. The third kappa shape index (κ3) is 2.57. The summed E-state index contributed by atoms with van der Waals surface area (Å²) in [4.78, 5) is 11.3. The first kappa shape index (κ1) is 14.3. The Morgan fingerprint density at radius 2 is 1.95 bits per heavy atom. The molecule has 2 aromatic carbocycles. The van der Waals surface area contributed by atoms with Crippen LogP contribution in [0.15, 0.2) is 42.5 Å². The van der Waals surface area contributed by atoms with Gasteiger partial charge in [-0.25, -0.2) is 9.48 Å². The molecule has 0 saturated heterocycles. The van der Waals surface area contributed by atoms with E-state index >= 15 is 0 Å². The molecule has 0 aliphatic heterocycles. The van der Waals surface area contributed by atoms with Crippen LogP contribution in [0.3, 0.4) is 0 Å². The Hall–Kier alpha value is -2.69. The van der Waals surface area contributed by atoms with Gasteiger partial charge >= 0.3 is 5.97 Å². The number of carboxylic acid groups (broad SMARTS) is 1. The fourth-order valence-electron chi connectivity index (χ4n) is 2.70. The quantitative estimate of drug-likeness (QED) is 0.785. The van der Waals surface area contributed by atoms with Crippen LogP contribution in [-0.2, 0) is 13.0 Å². The SMILES string of the molecule is CCCc1c(C(=O)O)nnn1Cc1cccc2ccccc12. The molecule has 0 amide bonds. The first-order valence-electron chi connectivity index (χ1n) is 7.33. The van der Waals surface area contributed by atoms with Gasteiger partial charge < -0.3 is 5.11 Å². The molecule has 0 spiro atoms. The van der Waals surface area contributed by atoms with Gasteiger partial charge in [0, 0.05) is 0 Å². The van der Waals surface area contributed by atoms with Crippen LogP contribution in [0.25, 0.3) is 10.8 Å². The molecule has 0 fully saturated rings. The molecular formula is C17H17N3O2. The van der Waals surface area contributed by atoms with Crippen molar-refractivity contribution in [2.75, 3.05) is 0 Å². The molecule has 22 heavy (non-hydrogen) atoms. The first-order valence-corrected chi connectivity index (χ1v) is 7.33. The Bertz CT molecular complexity index is 818. The van der Waals surface area contributed by atoms with Gasteiger partial charge in [0.15, 0.2) is 5.69 Å². The standard InChI is InChI=1S/C17H17N3O2/c1-2-6-15-16(17(21)22)18-19-20(15)11-13-9-5-8-12-7-3-4-10-14(12)13/h3-5,7-10H,2,6,11H2,1H3,(H,21,22). The lowest BCUT2D eigenvalue weighted by atomic mass is 10.0. The van der Waals surface area contributed by atoms with Crippen LogP contribution in [0.5, 0.6) is 0 Å². The number of benzene rings is 2. The van der Waals surface area contributed by atoms with Crippen LogP contribution < -0.4 is 0 Å². The van der Waals surface area contributed by atoms with Gasteiger partial charge in [0.2, 0.25) is 0 Å². The minimum Gasteiger partial charge on any atom is -0.476 e. The van der Waals surface area contributed by atoms with Crippen molar-refractivity contribution in [1.29, 1.82) is 0 Å². The lowest BCUT2D eigenvalue weighted by Crippen LogP contribution is -2.09. The van der Waals surface area contributed by atoms with Gasteiger partial charge in [-0.3, -0.25) is 0 Å². The molecule has 0 aliphatic rings. The lowest BCUT2D eigenvalue weighted by molar-refractivity contribution is 0.0689. The molecular weight excluding hydrogens is 278 g/mol. The summed E-state index contributed by atoms with van der Waals surface area (Å²) in [5, 5.41) is 19.4. The molecule has 0 radical (unpaired) electrons. The number of carboxylic acids is 1. The zero-order valence-electron chi connectivity index (χ0n) is 12.4. The molecule has 5 heteroatoms. The number of nitrogens with zero attached hydrogens (tertiary/aromatic N) is 3. The summed E-state index contributed by atoms with van der Waals surface area (Å²) in [6, 6.07) is 14.3. The Kier molecular flexibility index (Phi) is 3.87. The second kappa shape index (κ2) is 5.97. The van der Waals surface area contributed by atoms with Gasteiger partial charge in [-0.2, -0.15) is 0 Å². The summed E-state index contributed by atoms with van der Waals surface area (Å²) < 4.78 is 1.70. The first-order chi connectivity index (χ1) is 10.7. The van der Waals surface area contributed by atoms with E-state index in [9.17, 15) is 9.90 Å². The zero-order valence-corrected chi connectivity index (χ0v) is 12.4. The van der Waals surface area contributed by atoms with E-state index in [1.54, 1.807) is 4.68 Å². The van der Waals surface area contributed by atoms with E-state index in [0.29, 0.717) is 18.7 Å². The van der Waals surface area contributed by atoms with Gasteiger partial charge in [0.05, 0.1) is 12.2 Å². The molecule has 0 bridgehead atoms. The molecule has 112 valence electrons. The smallest absolute Gasteiger partial charge is 0.358 e. The number of rotatable bonds is 5. The fourth-order valence-corrected chi connectivity index (χ4v) is 2.70. The topological polar surface area (TPSA) is 68.0 Å². The van der Waals surface area contributed by atoms with Gasteiger partial charge in [-0.15, -0.1) is 5.10 Å². The second-order valence-corrected chi connectivity index (χ2v) is 5.24. The number of fused-ring (bicyclic) bond motifs is 1. The third-order valence-corrected chi connectivity index (χ3v) is 3.73. The van der Waals surface area contributed by atoms with E-state index in [0.717, 1.165) is 22.8 Å². The summed E-state index contributed by atoms with van der Waals surface area (Å²) in [7, 11) is 0. The van der Waals surface area contributed by atoms with Crippen LogP contribution >= 0.6 is 0 Å². The van der Waals surface area contributed by atoms with Crippen molar-refractivity contribution in [2.45, 2.75) is 26.3 Å². The maximum absolute atomic E-state index is 11.3. The molecule has 0 aliphatic carbocycles. The Morgan fingerprint density at radius 1 is 1.18 bits per heavy atom. The lowest BCUT2D eigenvalue weighted by Gasteiger charge is -2.09. The largest absolute Gasteiger partial charge is 0.476 e. The van der Waals surface area contributed by atoms with E-state index in [4.69, 9.17) is 0 Å². The van der Waals surface area contributed by atoms with Crippen molar-refractivity contribution < 1.29 is 9.90 Å². The molecule has 0 atom stereocenters. The number of hydrogen-bond donors (Lipinski definition) is 1. The summed E-state index contributed by atoms with van der Waals surface area (Å²) in [5.74, 6) is -1.02. The molecule has 1 heterocycles. The van der Waals surface area contributed by atoms with Crippen LogP contribution in [0, 0.1) is 0 Å². The summed E-state index contributed by atoms with van der Waals surface area (Å²) in [5.41, 5.74) is 1.85. The molecule has 0 saturated carbocycles. The zero-order chi connectivity index (χ0) is 15.5. The normalized spacial score (nSPS) is 11.0. The van der Waals surface area contributed by atoms with Crippen molar-refractivity contribution >= 4 is 16.7 Å². The highest BCUT2D eigenvalue weighted by Gasteiger charge is 2.18.